The summed E-state index contributed by atoms with van der Waals surface area (Å²) in [7, 11) is 0. The first kappa shape index (κ1) is 12.7. The van der Waals surface area contributed by atoms with Gasteiger partial charge in [0.05, 0.1) is 5.92 Å². The van der Waals surface area contributed by atoms with Crippen LogP contribution in [-0.4, -0.2) is 34.5 Å². The molecule has 0 aromatic heterocycles. The van der Waals surface area contributed by atoms with Crippen LogP contribution in [0.3, 0.4) is 0 Å². The summed E-state index contributed by atoms with van der Waals surface area (Å²) in [6.45, 7) is 0. The van der Waals surface area contributed by atoms with Crippen molar-refractivity contribution in [2.24, 2.45) is 16.6 Å². The number of hydrogen-bond acceptors (Lipinski definition) is 2. The van der Waals surface area contributed by atoms with E-state index in [-0.39, 0.29) is 24.7 Å². The van der Waals surface area contributed by atoms with Crippen LogP contribution in [0.2, 0.25) is 0 Å². The molecule has 2 amide bonds. The molecule has 1 spiro atoms. The average Bonchev–Trinajstić information content (AvgIpc) is 3.09. The van der Waals surface area contributed by atoms with E-state index < -0.39 is 23.7 Å². The molecule has 0 radical (unpaired) electrons. The Bertz CT molecular complexity index is 444. The maximum absolute atomic E-state index is 13.0. The van der Waals surface area contributed by atoms with E-state index in [0.717, 1.165) is 12.8 Å². The molecule has 3 aliphatic rings. The Balaban J connectivity index is 1.92. The Hall–Kier alpha value is -1.27. The predicted molar refractivity (Wildman–Crippen MR) is 62.6 cm³/mol. The molecule has 0 aromatic rings. The first-order chi connectivity index (χ1) is 8.84. The molecule has 1 aliphatic heterocycles. The highest BCUT2D eigenvalue weighted by Crippen LogP contribution is 2.49. The molecule has 19 heavy (non-hydrogen) atoms. The van der Waals surface area contributed by atoms with Crippen LogP contribution in [0.15, 0.2) is 4.99 Å². The van der Waals surface area contributed by atoms with E-state index in [1.54, 1.807) is 0 Å². The van der Waals surface area contributed by atoms with Crippen LogP contribution in [0.25, 0.3) is 0 Å². The molecule has 2 aliphatic carbocycles. The van der Waals surface area contributed by atoms with Crippen LogP contribution in [0, 0.1) is 5.92 Å². The number of nitrogens with two attached hydrogens (primary N) is 1. The summed E-state index contributed by atoms with van der Waals surface area (Å²) in [5.41, 5.74) is 4.84. The number of rotatable bonds is 1. The van der Waals surface area contributed by atoms with E-state index >= 15 is 0 Å². The lowest BCUT2D eigenvalue weighted by molar-refractivity contribution is -0.188. The number of nitrogens with zero attached hydrogens (tertiary/aromatic N) is 2. The van der Waals surface area contributed by atoms with Crippen molar-refractivity contribution in [1.82, 2.24) is 4.90 Å². The summed E-state index contributed by atoms with van der Waals surface area (Å²) in [5, 5.41) is 0. The van der Waals surface area contributed by atoms with Gasteiger partial charge in [-0.1, -0.05) is 6.42 Å². The molecular weight excluding hydrogens is 259 g/mol. The molecule has 3 rings (SSSR count). The minimum Gasteiger partial charge on any atom is -0.385 e. The van der Waals surface area contributed by atoms with Crippen LogP contribution >= 0.6 is 0 Å². The summed E-state index contributed by atoms with van der Waals surface area (Å²) >= 11 is 0. The normalized spacial score (nSPS) is 35.9. The van der Waals surface area contributed by atoms with Gasteiger partial charge in [0.15, 0.2) is 0 Å². The number of halogens is 3. The Kier molecular flexibility index (Phi) is 2.59. The van der Waals surface area contributed by atoms with Crippen molar-refractivity contribution in [2.45, 2.75) is 56.3 Å². The van der Waals surface area contributed by atoms with Gasteiger partial charge in [0.2, 0.25) is 0 Å². The number of carbonyl (C=O) groups is 1. The summed E-state index contributed by atoms with van der Waals surface area (Å²) in [4.78, 5) is 17.1. The quantitative estimate of drug-likeness (QED) is 0.799. The first-order valence-electron chi connectivity index (χ1n) is 6.59. The molecule has 7 heteroatoms. The lowest BCUT2D eigenvalue weighted by Crippen LogP contribution is -2.58. The fourth-order valence-electron chi connectivity index (χ4n) is 3.39. The highest BCUT2D eigenvalue weighted by atomic mass is 19.4. The predicted octanol–water partition coefficient (Wildman–Crippen LogP) is 2.43. The van der Waals surface area contributed by atoms with E-state index in [9.17, 15) is 18.0 Å². The van der Waals surface area contributed by atoms with Gasteiger partial charge in [-0.15, -0.1) is 0 Å². The van der Waals surface area contributed by atoms with Gasteiger partial charge in [-0.05, 0) is 32.1 Å². The third-order valence-electron chi connectivity index (χ3n) is 4.46. The molecule has 0 bridgehead atoms. The SMILES string of the molecule is NC1=NC(=O)N(C2CC2)C12CCCC(C(F)(F)F)C2. The summed E-state index contributed by atoms with van der Waals surface area (Å²) in [5.74, 6) is -1.31. The highest BCUT2D eigenvalue weighted by molar-refractivity contribution is 6.06. The molecule has 0 aromatic carbocycles. The van der Waals surface area contributed by atoms with Crippen molar-refractivity contribution in [2.75, 3.05) is 0 Å². The van der Waals surface area contributed by atoms with E-state index in [1.807, 2.05) is 0 Å². The number of carbonyl (C=O) groups excluding carboxylic acids is 1. The monoisotopic (exact) mass is 275 g/mol. The topological polar surface area (TPSA) is 58.7 Å². The molecule has 2 unspecified atom stereocenters. The Morgan fingerprint density at radius 1 is 1.32 bits per heavy atom. The zero-order chi connectivity index (χ0) is 13.8. The molecule has 2 N–H and O–H groups in total. The Labute approximate surface area is 108 Å². The van der Waals surface area contributed by atoms with Crippen molar-refractivity contribution in [3.05, 3.63) is 0 Å². The lowest BCUT2D eigenvalue weighted by Gasteiger charge is -2.44. The number of alkyl halides is 3. The molecule has 2 saturated carbocycles. The largest absolute Gasteiger partial charge is 0.391 e. The van der Waals surface area contributed by atoms with E-state index in [1.165, 1.54) is 4.90 Å². The lowest BCUT2D eigenvalue weighted by atomic mass is 9.74. The standard InChI is InChI=1S/C12H16F3N3O/c13-12(14,15)7-2-1-5-11(6-7)9(16)17-10(19)18(11)8-3-4-8/h7-8H,1-6H2,(H2,16,17,19). The van der Waals surface area contributed by atoms with Crippen molar-refractivity contribution in [3.63, 3.8) is 0 Å². The average molecular weight is 275 g/mol. The Morgan fingerprint density at radius 3 is 2.58 bits per heavy atom. The van der Waals surface area contributed by atoms with Crippen molar-refractivity contribution < 1.29 is 18.0 Å². The molecule has 2 atom stereocenters. The van der Waals surface area contributed by atoms with Gasteiger partial charge in [-0.3, -0.25) is 0 Å². The summed E-state index contributed by atoms with van der Waals surface area (Å²) in [6.07, 6.45) is -1.64. The van der Waals surface area contributed by atoms with Gasteiger partial charge in [0.1, 0.15) is 11.4 Å². The Morgan fingerprint density at radius 2 is 2.00 bits per heavy atom. The number of amidine groups is 1. The van der Waals surface area contributed by atoms with Crippen molar-refractivity contribution in [1.29, 1.82) is 0 Å². The second-order valence-electron chi connectivity index (χ2n) is 5.75. The van der Waals surface area contributed by atoms with Gasteiger partial charge >= 0.3 is 12.2 Å². The van der Waals surface area contributed by atoms with Crippen LogP contribution in [0.1, 0.15) is 38.5 Å². The van der Waals surface area contributed by atoms with Gasteiger partial charge in [0.25, 0.3) is 0 Å². The number of hydrogen-bond donors (Lipinski definition) is 1. The highest BCUT2D eigenvalue weighted by Gasteiger charge is 2.58. The second-order valence-corrected chi connectivity index (χ2v) is 5.75. The van der Waals surface area contributed by atoms with Crippen LogP contribution < -0.4 is 5.73 Å². The second kappa shape index (κ2) is 3.86. The molecule has 1 heterocycles. The van der Waals surface area contributed by atoms with Crippen molar-refractivity contribution in [3.8, 4) is 0 Å². The maximum Gasteiger partial charge on any atom is 0.391 e. The van der Waals surface area contributed by atoms with Crippen LogP contribution in [0.4, 0.5) is 18.0 Å². The van der Waals surface area contributed by atoms with Gasteiger partial charge in [-0.25, -0.2) is 4.79 Å². The fraction of sp³-hybridized carbons (Fsp3) is 0.833. The minimum atomic E-state index is -4.23. The molecule has 106 valence electrons. The van der Waals surface area contributed by atoms with Gasteiger partial charge in [0, 0.05) is 6.04 Å². The summed E-state index contributed by atoms with van der Waals surface area (Å²) in [6, 6.07) is -0.424. The van der Waals surface area contributed by atoms with E-state index in [0.29, 0.717) is 12.8 Å². The van der Waals surface area contributed by atoms with Crippen LogP contribution in [-0.2, 0) is 0 Å². The number of urea groups is 1. The third kappa shape index (κ3) is 1.90. The zero-order valence-corrected chi connectivity index (χ0v) is 10.4. The maximum atomic E-state index is 13.0. The third-order valence-corrected chi connectivity index (χ3v) is 4.46. The van der Waals surface area contributed by atoms with Gasteiger partial charge in [-0.2, -0.15) is 18.2 Å². The van der Waals surface area contributed by atoms with E-state index in [4.69, 9.17) is 5.73 Å². The smallest absolute Gasteiger partial charge is 0.385 e. The molecule has 4 nitrogen and oxygen atoms in total. The van der Waals surface area contributed by atoms with Gasteiger partial charge < -0.3 is 10.6 Å². The summed E-state index contributed by atoms with van der Waals surface area (Å²) < 4.78 is 38.9. The number of aliphatic imine (C=N–C) groups is 1. The number of amides is 2. The van der Waals surface area contributed by atoms with Crippen LogP contribution in [0.5, 0.6) is 0 Å². The zero-order valence-electron chi connectivity index (χ0n) is 10.4. The van der Waals surface area contributed by atoms with Crippen molar-refractivity contribution >= 4 is 11.9 Å². The molecule has 2 fully saturated rings. The fourth-order valence-corrected chi connectivity index (χ4v) is 3.39. The molecule has 0 saturated heterocycles. The van der Waals surface area contributed by atoms with E-state index in [2.05, 4.69) is 4.99 Å². The molecular formula is C12H16F3N3O. The minimum absolute atomic E-state index is 0.0317. The first-order valence-corrected chi connectivity index (χ1v) is 6.59.